The Hall–Kier alpha value is -4.56. The third-order valence-corrected chi connectivity index (χ3v) is 7.81. The van der Waals surface area contributed by atoms with Crippen LogP contribution in [0.3, 0.4) is 0 Å². The summed E-state index contributed by atoms with van der Waals surface area (Å²) >= 11 is 0. The maximum Gasteiger partial charge on any atom is 0.336 e. The first-order valence-electron chi connectivity index (χ1n) is 13.1. The first-order valence-corrected chi connectivity index (χ1v) is 13.1. The van der Waals surface area contributed by atoms with Crippen LogP contribution in [0.25, 0.3) is 11.1 Å². The van der Waals surface area contributed by atoms with Crippen molar-refractivity contribution in [3.8, 4) is 17.0 Å². The quantitative estimate of drug-likeness (QED) is 0.366. The van der Waals surface area contributed by atoms with Crippen molar-refractivity contribution in [2.45, 2.75) is 31.8 Å². The van der Waals surface area contributed by atoms with Crippen molar-refractivity contribution >= 4 is 23.3 Å². The van der Waals surface area contributed by atoms with Crippen LogP contribution in [-0.4, -0.2) is 50.5 Å². The fraction of sp³-hybridized carbons (Fsp3) is 0.226. The molecule has 196 valence electrons. The SMILES string of the molecule is Cc1cccnc1CN1CCC2(CC1)C(=O)N(c1ccc(-c3ccccc3)cc1)C(=O)N2c1ccnc(O)c1. The Morgan fingerprint density at radius 2 is 1.54 bits per heavy atom. The number of rotatable bonds is 5. The molecule has 8 heteroatoms. The normalized spacial score (nSPS) is 17.3. The van der Waals surface area contributed by atoms with Crippen LogP contribution in [-0.2, 0) is 11.3 Å². The Kier molecular flexibility index (Phi) is 6.32. The van der Waals surface area contributed by atoms with Crippen molar-refractivity contribution in [3.63, 3.8) is 0 Å². The molecule has 0 saturated carbocycles. The number of benzene rings is 2. The molecule has 2 aromatic carbocycles. The number of aryl methyl sites for hydroxylation is 1. The van der Waals surface area contributed by atoms with Gasteiger partial charge in [0.1, 0.15) is 5.54 Å². The van der Waals surface area contributed by atoms with Crippen LogP contribution >= 0.6 is 0 Å². The number of nitrogens with zero attached hydrogens (tertiary/aromatic N) is 5. The van der Waals surface area contributed by atoms with Gasteiger partial charge in [-0.2, -0.15) is 0 Å². The molecule has 39 heavy (non-hydrogen) atoms. The molecular weight excluding hydrogens is 490 g/mol. The molecule has 1 spiro atoms. The number of carbonyl (C=O) groups excluding carboxylic acids is 2. The second-order valence-electron chi connectivity index (χ2n) is 10.1. The van der Waals surface area contributed by atoms with Gasteiger partial charge >= 0.3 is 6.03 Å². The molecule has 4 heterocycles. The van der Waals surface area contributed by atoms with Crippen LogP contribution in [0.2, 0.25) is 0 Å². The van der Waals surface area contributed by atoms with Gasteiger partial charge < -0.3 is 5.11 Å². The number of aromatic hydroxyl groups is 1. The predicted molar refractivity (Wildman–Crippen MR) is 149 cm³/mol. The summed E-state index contributed by atoms with van der Waals surface area (Å²) in [5.41, 5.74) is 4.13. The number of likely N-dealkylation sites (tertiary alicyclic amines) is 1. The zero-order chi connectivity index (χ0) is 27.0. The van der Waals surface area contributed by atoms with E-state index in [1.54, 1.807) is 17.2 Å². The van der Waals surface area contributed by atoms with Gasteiger partial charge in [0.2, 0.25) is 5.88 Å². The summed E-state index contributed by atoms with van der Waals surface area (Å²) in [5.74, 6) is -0.443. The minimum atomic E-state index is -1.06. The van der Waals surface area contributed by atoms with Crippen LogP contribution in [0.1, 0.15) is 24.1 Å². The van der Waals surface area contributed by atoms with E-state index in [2.05, 4.69) is 14.9 Å². The lowest BCUT2D eigenvalue weighted by Crippen LogP contribution is -2.56. The highest BCUT2D eigenvalue weighted by atomic mass is 16.3. The van der Waals surface area contributed by atoms with Gasteiger partial charge in [0.15, 0.2) is 0 Å². The average Bonchev–Trinajstić information content (AvgIpc) is 3.17. The first-order chi connectivity index (χ1) is 19.0. The Morgan fingerprint density at radius 1 is 0.821 bits per heavy atom. The summed E-state index contributed by atoms with van der Waals surface area (Å²) in [5, 5.41) is 10.1. The van der Waals surface area contributed by atoms with E-state index < -0.39 is 11.6 Å². The van der Waals surface area contributed by atoms with Gasteiger partial charge in [-0.1, -0.05) is 48.5 Å². The summed E-state index contributed by atoms with van der Waals surface area (Å²) in [4.78, 5) is 41.7. The topological polar surface area (TPSA) is 89.9 Å². The Morgan fingerprint density at radius 3 is 2.23 bits per heavy atom. The lowest BCUT2D eigenvalue weighted by atomic mass is 9.85. The summed E-state index contributed by atoms with van der Waals surface area (Å²) < 4.78 is 0. The fourth-order valence-corrected chi connectivity index (χ4v) is 5.65. The number of aromatic nitrogens is 2. The Bertz CT molecular complexity index is 1520. The molecule has 2 fully saturated rings. The van der Waals surface area contributed by atoms with Crippen molar-refractivity contribution in [2.24, 2.45) is 0 Å². The number of carbonyl (C=O) groups is 2. The molecule has 8 nitrogen and oxygen atoms in total. The maximum atomic E-state index is 14.2. The lowest BCUT2D eigenvalue weighted by Gasteiger charge is -2.42. The molecule has 0 atom stereocenters. The zero-order valence-corrected chi connectivity index (χ0v) is 21.7. The number of anilines is 2. The van der Waals surface area contributed by atoms with E-state index in [-0.39, 0.29) is 11.8 Å². The van der Waals surface area contributed by atoms with Gasteiger partial charge in [-0.05, 0) is 60.7 Å². The highest BCUT2D eigenvalue weighted by Crippen LogP contribution is 2.43. The monoisotopic (exact) mass is 519 g/mol. The van der Waals surface area contributed by atoms with Gasteiger partial charge in [-0.15, -0.1) is 0 Å². The van der Waals surface area contributed by atoms with Crippen molar-refractivity contribution in [2.75, 3.05) is 22.9 Å². The molecular formula is C31H29N5O3. The lowest BCUT2D eigenvalue weighted by molar-refractivity contribution is -0.123. The van der Waals surface area contributed by atoms with Gasteiger partial charge in [0.25, 0.3) is 5.91 Å². The van der Waals surface area contributed by atoms with E-state index >= 15 is 0 Å². The van der Waals surface area contributed by atoms with Gasteiger partial charge in [0, 0.05) is 38.1 Å². The number of amides is 3. The fourth-order valence-electron chi connectivity index (χ4n) is 5.65. The predicted octanol–water partition coefficient (Wildman–Crippen LogP) is 5.17. The number of imide groups is 1. The molecule has 6 rings (SSSR count). The van der Waals surface area contributed by atoms with Crippen molar-refractivity contribution in [1.82, 2.24) is 14.9 Å². The molecule has 3 amide bonds. The van der Waals surface area contributed by atoms with Crippen molar-refractivity contribution in [3.05, 3.63) is 103 Å². The second-order valence-corrected chi connectivity index (χ2v) is 10.1. The van der Waals surface area contributed by atoms with Crippen LogP contribution in [0, 0.1) is 6.92 Å². The molecule has 0 radical (unpaired) electrons. The average molecular weight is 520 g/mol. The summed E-state index contributed by atoms with van der Waals surface area (Å²) in [7, 11) is 0. The van der Waals surface area contributed by atoms with Crippen LogP contribution < -0.4 is 9.80 Å². The standard InChI is InChI=1S/C31H29N5O3/c1-22-6-5-16-32-27(22)21-34-18-14-31(15-19-34)29(38)35(30(39)36(31)26-13-17-33-28(37)20-26)25-11-9-24(10-12-25)23-7-3-2-4-8-23/h2-13,16-17,20H,14-15,18-19,21H2,1H3,(H,33,37). The largest absolute Gasteiger partial charge is 0.493 e. The second kappa shape index (κ2) is 9.96. The van der Waals surface area contributed by atoms with Crippen LogP contribution in [0.5, 0.6) is 5.88 Å². The number of hydrogen-bond donors (Lipinski definition) is 1. The molecule has 1 N–H and O–H groups in total. The van der Waals surface area contributed by atoms with Crippen molar-refractivity contribution in [1.29, 1.82) is 0 Å². The van der Waals surface area contributed by atoms with Gasteiger partial charge in [-0.3, -0.25) is 19.6 Å². The van der Waals surface area contributed by atoms with E-state index in [4.69, 9.17) is 0 Å². The number of piperidine rings is 1. The third kappa shape index (κ3) is 4.42. The molecule has 2 aromatic heterocycles. The highest BCUT2D eigenvalue weighted by molar-refractivity contribution is 6.30. The summed E-state index contributed by atoms with van der Waals surface area (Å²) in [6.45, 7) is 3.99. The van der Waals surface area contributed by atoms with Crippen LogP contribution in [0.15, 0.2) is 91.3 Å². The first kappa shape index (κ1) is 24.8. The van der Waals surface area contributed by atoms with E-state index in [1.807, 2.05) is 73.7 Å². The number of pyridine rings is 2. The molecule has 2 aliphatic rings. The minimum Gasteiger partial charge on any atom is -0.493 e. The summed E-state index contributed by atoms with van der Waals surface area (Å²) in [6, 6.07) is 24.1. The number of hydrogen-bond acceptors (Lipinski definition) is 6. The third-order valence-electron chi connectivity index (χ3n) is 7.81. The van der Waals surface area contributed by atoms with E-state index in [1.165, 1.54) is 17.2 Å². The van der Waals surface area contributed by atoms with E-state index in [0.29, 0.717) is 43.9 Å². The van der Waals surface area contributed by atoms with E-state index in [9.17, 15) is 14.7 Å². The summed E-state index contributed by atoms with van der Waals surface area (Å²) in [6.07, 6.45) is 4.17. The molecule has 0 unspecified atom stereocenters. The zero-order valence-electron chi connectivity index (χ0n) is 21.7. The Labute approximate surface area is 227 Å². The highest BCUT2D eigenvalue weighted by Gasteiger charge is 2.59. The van der Waals surface area contributed by atoms with E-state index in [0.717, 1.165) is 22.4 Å². The smallest absolute Gasteiger partial charge is 0.336 e. The minimum absolute atomic E-state index is 0.198. The maximum absolute atomic E-state index is 14.2. The molecule has 2 aliphatic heterocycles. The number of urea groups is 1. The van der Waals surface area contributed by atoms with Crippen LogP contribution in [0.4, 0.5) is 16.2 Å². The van der Waals surface area contributed by atoms with Gasteiger partial charge in [-0.25, -0.2) is 14.7 Å². The molecule has 0 aliphatic carbocycles. The molecule has 0 bridgehead atoms. The molecule has 4 aromatic rings. The Balaban J connectivity index is 1.32. The van der Waals surface area contributed by atoms with Crippen molar-refractivity contribution < 1.29 is 14.7 Å². The van der Waals surface area contributed by atoms with Gasteiger partial charge in [0.05, 0.1) is 17.1 Å². The molecule has 2 saturated heterocycles.